The van der Waals surface area contributed by atoms with Gasteiger partial charge in [0.1, 0.15) is 0 Å². The highest BCUT2D eigenvalue weighted by Gasteiger charge is 2.16. The van der Waals surface area contributed by atoms with Crippen molar-refractivity contribution in [1.29, 1.82) is 0 Å². The fraction of sp³-hybridized carbons (Fsp3) is 0.500. The van der Waals surface area contributed by atoms with Crippen molar-refractivity contribution in [3.05, 3.63) is 33.8 Å². The summed E-state index contributed by atoms with van der Waals surface area (Å²) in [4.78, 5) is 0. The topological polar surface area (TPSA) is 21.3 Å². The van der Waals surface area contributed by atoms with Crippen molar-refractivity contribution in [2.75, 3.05) is 13.7 Å². The summed E-state index contributed by atoms with van der Waals surface area (Å²) in [6, 6.07) is 5.53. The third-order valence-electron chi connectivity index (χ3n) is 2.29. The maximum absolute atomic E-state index is 6.14. The summed E-state index contributed by atoms with van der Waals surface area (Å²) in [5.74, 6) is 0. The van der Waals surface area contributed by atoms with Gasteiger partial charge in [-0.05, 0) is 33.0 Å². The van der Waals surface area contributed by atoms with Crippen LogP contribution in [0.3, 0.4) is 0 Å². The van der Waals surface area contributed by atoms with Crippen molar-refractivity contribution in [2.45, 2.75) is 26.0 Å². The highest BCUT2D eigenvalue weighted by atomic mass is 35.5. The first-order valence-corrected chi connectivity index (χ1v) is 6.04. The average Bonchev–Trinajstić information content (AvgIpc) is 2.22. The molecule has 0 bridgehead atoms. The minimum absolute atomic E-state index is 0.0172. The Labute approximate surface area is 107 Å². The van der Waals surface area contributed by atoms with Crippen LogP contribution in [0.2, 0.25) is 10.0 Å². The number of benzene rings is 1. The molecule has 0 radical (unpaired) electrons. The minimum atomic E-state index is 0.0172. The zero-order valence-electron chi connectivity index (χ0n) is 9.76. The molecule has 1 rings (SSSR count). The van der Waals surface area contributed by atoms with Crippen molar-refractivity contribution in [1.82, 2.24) is 5.32 Å². The lowest BCUT2D eigenvalue weighted by Gasteiger charge is -2.20. The Bertz CT molecular complexity index is 322. The molecule has 0 fully saturated rings. The van der Waals surface area contributed by atoms with E-state index >= 15 is 0 Å². The zero-order valence-corrected chi connectivity index (χ0v) is 11.3. The largest absolute Gasteiger partial charge is 0.377 e. The third kappa shape index (κ3) is 3.63. The van der Waals surface area contributed by atoms with E-state index in [0.29, 0.717) is 16.7 Å². The number of rotatable bonds is 5. The second-order valence-corrected chi connectivity index (χ2v) is 4.67. The molecule has 16 heavy (non-hydrogen) atoms. The maximum Gasteiger partial charge on any atom is 0.0665 e. The van der Waals surface area contributed by atoms with E-state index in [1.54, 1.807) is 0 Å². The Morgan fingerprint density at radius 2 is 1.81 bits per heavy atom. The number of nitrogens with one attached hydrogen (secondary N) is 1. The Hall–Kier alpha value is -0.280. The van der Waals surface area contributed by atoms with Gasteiger partial charge in [0.2, 0.25) is 0 Å². The molecule has 0 amide bonds. The molecular formula is C12H17Cl2NO. The first kappa shape index (κ1) is 13.8. The number of ether oxygens (including phenoxy) is 1. The number of hydrogen-bond acceptors (Lipinski definition) is 2. The van der Waals surface area contributed by atoms with E-state index in [4.69, 9.17) is 27.9 Å². The van der Waals surface area contributed by atoms with Gasteiger partial charge < -0.3 is 10.1 Å². The number of hydrogen-bond donors (Lipinski definition) is 1. The van der Waals surface area contributed by atoms with Gasteiger partial charge in [-0.2, -0.15) is 0 Å². The van der Waals surface area contributed by atoms with Crippen molar-refractivity contribution in [3.63, 3.8) is 0 Å². The molecule has 0 spiro atoms. The predicted molar refractivity (Wildman–Crippen MR) is 69.4 cm³/mol. The summed E-state index contributed by atoms with van der Waals surface area (Å²) in [6.45, 7) is 4.56. The lowest BCUT2D eigenvalue weighted by molar-refractivity contribution is 0.0626. The molecule has 0 saturated heterocycles. The lowest BCUT2D eigenvalue weighted by Crippen LogP contribution is -2.24. The summed E-state index contributed by atoms with van der Waals surface area (Å²) >= 11 is 12.3. The molecule has 1 unspecified atom stereocenters. The Morgan fingerprint density at radius 1 is 1.25 bits per heavy atom. The molecule has 0 aliphatic carbocycles. The van der Waals surface area contributed by atoms with Crippen LogP contribution in [0.1, 0.15) is 25.5 Å². The first-order valence-electron chi connectivity index (χ1n) is 5.29. The van der Waals surface area contributed by atoms with Crippen molar-refractivity contribution in [3.8, 4) is 0 Å². The fourth-order valence-electron chi connectivity index (χ4n) is 1.44. The molecule has 0 aromatic heterocycles. The fourth-order valence-corrected chi connectivity index (χ4v) is 2.10. The van der Waals surface area contributed by atoms with Crippen LogP contribution in [-0.2, 0) is 4.74 Å². The molecule has 4 heteroatoms. The van der Waals surface area contributed by atoms with Gasteiger partial charge in [-0.1, -0.05) is 29.3 Å². The van der Waals surface area contributed by atoms with Crippen LogP contribution in [0.4, 0.5) is 0 Å². The van der Waals surface area contributed by atoms with Crippen molar-refractivity contribution in [2.24, 2.45) is 0 Å². The second-order valence-electron chi connectivity index (χ2n) is 3.86. The van der Waals surface area contributed by atoms with Crippen LogP contribution in [0.5, 0.6) is 0 Å². The normalized spacial score (nSPS) is 13.1. The van der Waals surface area contributed by atoms with Crippen LogP contribution in [0.25, 0.3) is 0 Å². The summed E-state index contributed by atoms with van der Waals surface area (Å²) in [5.41, 5.74) is 0.897. The van der Waals surface area contributed by atoms with Gasteiger partial charge in [0, 0.05) is 15.6 Å². The van der Waals surface area contributed by atoms with Crippen LogP contribution < -0.4 is 5.32 Å². The van der Waals surface area contributed by atoms with E-state index < -0.39 is 0 Å². The van der Waals surface area contributed by atoms with E-state index in [1.807, 2.05) is 39.1 Å². The third-order valence-corrected chi connectivity index (χ3v) is 2.95. The van der Waals surface area contributed by atoms with Gasteiger partial charge in [-0.3, -0.25) is 0 Å². The summed E-state index contributed by atoms with van der Waals surface area (Å²) in [6.07, 6.45) is 0.192. The maximum atomic E-state index is 6.14. The SMILES string of the molecule is CNC(COC(C)C)c1c(Cl)cccc1Cl. The Balaban J connectivity index is 2.86. The molecule has 0 saturated carbocycles. The summed E-state index contributed by atoms with van der Waals surface area (Å²) < 4.78 is 5.58. The van der Waals surface area contributed by atoms with Gasteiger partial charge in [-0.25, -0.2) is 0 Å². The molecule has 1 N–H and O–H groups in total. The average molecular weight is 262 g/mol. The lowest BCUT2D eigenvalue weighted by atomic mass is 10.1. The Kier molecular flexibility index (Phi) is 5.56. The molecule has 1 aromatic carbocycles. The van der Waals surface area contributed by atoms with E-state index in [9.17, 15) is 0 Å². The number of likely N-dealkylation sites (N-methyl/N-ethyl adjacent to an activating group) is 1. The molecule has 0 aliphatic heterocycles. The highest BCUT2D eigenvalue weighted by molar-refractivity contribution is 6.36. The Morgan fingerprint density at radius 3 is 2.25 bits per heavy atom. The second kappa shape index (κ2) is 6.45. The van der Waals surface area contributed by atoms with Crippen LogP contribution in [0, 0.1) is 0 Å². The van der Waals surface area contributed by atoms with Crippen LogP contribution in [0.15, 0.2) is 18.2 Å². The molecular weight excluding hydrogens is 245 g/mol. The molecule has 1 atom stereocenters. The first-order chi connectivity index (χ1) is 7.56. The van der Waals surface area contributed by atoms with Gasteiger partial charge in [0.05, 0.1) is 18.8 Å². The standard InChI is InChI=1S/C12H17Cl2NO/c1-8(2)16-7-11(15-3)12-9(13)5-4-6-10(12)14/h4-6,8,11,15H,7H2,1-3H3. The van der Waals surface area contributed by atoms with Crippen LogP contribution >= 0.6 is 23.2 Å². The molecule has 0 heterocycles. The number of halogens is 2. The van der Waals surface area contributed by atoms with Gasteiger partial charge in [0.15, 0.2) is 0 Å². The van der Waals surface area contributed by atoms with Crippen LogP contribution in [-0.4, -0.2) is 19.8 Å². The highest BCUT2D eigenvalue weighted by Crippen LogP contribution is 2.30. The molecule has 0 aliphatic rings. The summed E-state index contributed by atoms with van der Waals surface area (Å²) in [7, 11) is 1.87. The molecule has 2 nitrogen and oxygen atoms in total. The van der Waals surface area contributed by atoms with E-state index in [1.165, 1.54) is 0 Å². The minimum Gasteiger partial charge on any atom is -0.377 e. The summed E-state index contributed by atoms with van der Waals surface area (Å²) in [5, 5.41) is 4.49. The predicted octanol–water partition coefficient (Wildman–Crippen LogP) is 3.68. The quantitative estimate of drug-likeness (QED) is 0.874. The van der Waals surface area contributed by atoms with Crippen molar-refractivity contribution < 1.29 is 4.74 Å². The van der Waals surface area contributed by atoms with Crippen molar-refractivity contribution >= 4 is 23.2 Å². The monoisotopic (exact) mass is 261 g/mol. The smallest absolute Gasteiger partial charge is 0.0665 e. The van der Waals surface area contributed by atoms with Gasteiger partial charge in [-0.15, -0.1) is 0 Å². The van der Waals surface area contributed by atoms with E-state index in [-0.39, 0.29) is 12.1 Å². The van der Waals surface area contributed by atoms with E-state index in [0.717, 1.165) is 5.56 Å². The van der Waals surface area contributed by atoms with E-state index in [2.05, 4.69) is 5.32 Å². The van der Waals surface area contributed by atoms with Gasteiger partial charge >= 0.3 is 0 Å². The molecule has 1 aromatic rings. The van der Waals surface area contributed by atoms with Gasteiger partial charge in [0.25, 0.3) is 0 Å². The molecule has 90 valence electrons. The zero-order chi connectivity index (χ0) is 12.1.